The summed E-state index contributed by atoms with van der Waals surface area (Å²) in [6.45, 7) is 0. The van der Waals surface area contributed by atoms with Gasteiger partial charge in [0.2, 0.25) is 0 Å². The molecule has 0 bridgehead atoms. The molecule has 0 radical (unpaired) electrons. The van der Waals surface area contributed by atoms with Gasteiger partial charge in [-0.2, -0.15) is 0 Å². The molecule has 1 aliphatic rings. The molecule has 0 spiro atoms. The molecule has 0 saturated carbocycles. The summed E-state index contributed by atoms with van der Waals surface area (Å²) in [4.78, 5) is 39.7. The molecule has 4 rings (SSSR count). The zero-order valence-electron chi connectivity index (χ0n) is 14.9. The number of halogens is 2. The van der Waals surface area contributed by atoms with Crippen molar-refractivity contribution in [1.82, 2.24) is 10.3 Å². The van der Waals surface area contributed by atoms with Crippen LogP contribution in [0.25, 0.3) is 17.3 Å². The van der Waals surface area contributed by atoms with E-state index in [0.717, 1.165) is 35.2 Å². The summed E-state index contributed by atoms with van der Waals surface area (Å²) in [6.07, 6.45) is 1.56. The number of carbonyl (C=O) groups is 3. The summed E-state index contributed by atoms with van der Waals surface area (Å²) >= 11 is 1.97. The minimum atomic E-state index is -0.973. The number of nitrogens with one attached hydrogen (secondary N) is 2. The normalized spacial score (nSPS) is 14.8. The number of carbonyl (C=O) groups excluding carboxylic acids is 3. The number of anilines is 1. The Kier molecular flexibility index (Phi) is 5.42. The van der Waals surface area contributed by atoms with Crippen LogP contribution in [0.1, 0.15) is 15.9 Å². The number of aromatic nitrogens is 1. The first-order valence-corrected chi connectivity index (χ1v) is 10.2. The van der Waals surface area contributed by atoms with Gasteiger partial charge in [0.05, 0.1) is 10.6 Å². The SMILES string of the molecule is O=C1NC(=O)/C(=C/c2ccc(C(=O)Nc3nc(-c4ccc(F)c(F)c4)cs3)cc2)S1. The molecule has 2 aromatic carbocycles. The number of hydrogen-bond donors (Lipinski definition) is 2. The number of thiazole rings is 1. The van der Waals surface area contributed by atoms with Crippen molar-refractivity contribution in [1.29, 1.82) is 0 Å². The van der Waals surface area contributed by atoms with Crippen LogP contribution in [0.4, 0.5) is 18.7 Å². The van der Waals surface area contributed by atoms with E-state index in [4.69, 9.17) is 0 Å². The van der Waals surface area contributed by atoms with Crippen molar-refractivity contribution in [3.63, 3.8) is 0 Å². The highest BCUT2D eigenvalue weighted by molar-refractivity contribution is 8.18. The van der Waals surface area contributed by atoms with Crippen LogP contribution in [0.2, 0.25) is 0 Å². The van der Waals surface area contributed by atoms with Crippen LogP contribution in [0.15, 0.2) is 52.7 Å². The molecule has 1 aromatic heterocycles. The van der Waals surface area contributed by atoms with E-state index >= 15 is 0 Å². The number of rotatable bonds is 4. The molecule has 0 atom stereocenters. The van der Waals surface area contributed by atoms with Crippen molar-refractivity contribution < 1.29 is 23.2 Å². The smallest absolute Gasteiger partial charge is 0.290 e. The molecule has 30 heavy (non-hydrogen) atoms. The van der Waals surface area contributed by atoms with Gasteiger partial charge in [0, 0.05) is 16.5 Å². The second-order valence-corrected chi connectivity index (χ2v) is 7.97. The highest BCUT2D eigenvalue weighted by atomic mass is 32.2. The molecule has 3 aromatic rings. The van der Waals surface area contributed by atoms with E-state index in [0.29, 0.717) is 27.5 Å². The predicted octanol–water partition coefficient (Wildman–Crippen LogP) is 4.66. The summed E-state index contributed by atoms with van der Waals surface area (Å²) in [5.41, 5.74) is 1.84. The van der Waals surface area contributed by atoms with E-state index in [9.17, 15) is 23.2 Å². The van der Waals surface area contributed by atoms with Crippen LogP contribution in [0, 0.1) is 11.6 Å². The van der Waals surface area contributed by atoms with Gasteiger partial charge in [-0.3, -0.25) is 25.0 Å². The van der Waals surface area contributed by atoms with E-state index in [2.05, 4.69) is 15.6 Å². The van der Waals surface area contributed by atoms with Gasteiger partial charge in [-0.15, -0.1) is 11.3 Å². The molecule has 2 N–H and O–H groups in total. The van der Waals surface area contributed by atoms with Crippen LogP contribution in [0.3, 0.4) is 0 Å². The first kappa shape index (κ1) is 19.9. The van der Waals surface area contributed by atoms with Crippen LogP contribution in [0.5, 0.6) is 0 Å². The monoisotopic (exact) mass is 443 g/mol. The Morgan fingerprint density at radius 1 is 1.07 bits per heavy atom. The van der Waals surface area contributed by atoms with Gasteiger partial charge < -0.3 is 0 Å². The van der Waals surface area contributed by atoms with Gasteiger partial charge in [-0.1, -0.05) is 12.1 Å². The van der Waals surface area contributed by atoms with E-state index in [1.165, 1.54) is 6.07 Å². The molecule has 10 heteroatoms. The number of thioether (sulfide) groups is 1. The van der Waals surface area contributed by atoms with Gasteiger partial charge in [-0.25, -0.2) is 13.8 Å². The van der Waals surface area contributed by atoms with Crippen molar-refractivity contribution in [3.05, 3.63) is 75.5 Å². The first-order chi connectivity index (χ1) is 14.4. The van der Waals surface area contributed by atoms with Crippen LogP contribution in [-0.2, 0) is 4.79 Å². The standard InChI is InChI=1S/C20H11F2N3O3S2/c21-13-6-5-12(8-14(13)22)15-9-29-19(23-15)24-17(26)11-3-1-10(2-4-11)7-16-18(27)25-20(28)30-16/h1-9H,(H,23,24,26)(H,25,27,28)/b16-7-. The largest absolute Gasteiger partial charge is 0.298 e. The molecule has 2 heterocycles. The summed E-state index contributed by atoms with van der Waals surface area (Å²) in [6, 6.07) is 9.90. The molecule has 1 saturated heterocycles. The van der Waals surface area contributed by atoms with E-state index in [-0.39, 0.29) is 4.91 Å². The third kappa shape index (κ3) is 4.29. The Morgan fingerprint density at radius 3 is 2.50 bits per heavy atom. The Hall–Kier alpha value is -3.37. The topological polar surface area (TPSA) is 88.2 Å². The number of amides is 3. The van der Waals surface area contributed by atoms with Gasteiger partial charge in [0.1, 0.15) is 0 Å². The molecule has 1 aliphatic heterocycles. The average molecular weight is 443 g/mol. The summed E-state index contributed by atoms with van der Waals surface area (Å²) in [5, 5.41) is 6.34. The molecule has 6 nitrogen and oxygen atoms in total. The van der Waals surface area contributed by atoms with Crippen LogP contribution >= 0.6 is 23.1 Å². The average Bonchev–Trinajstić information content (AvgIpc) is 3.30. The molecular weight excluding hydrogens is 432 g/mol. The van der Waals surface area contributed by atoms with Gasteiger partial charge >= 0.3 is 0 Å². The Balaban J connectivity index is 1.45. The lowest BCUT2D eigenvalue weighted by atomic mass is 10.1. The lowest BCUT2D eigenvalue weighted by Gasteiger charge is -2.03. The van der Waals surface area contributed by atoms with E-state index in [1.807, 2.05) is 0 Å². The summed E-state index contributed by atoms with van der Waals surface area (Å²) < 4.78 is 26.5. The fourth-order valence-corrected chi connectivity index (χ4v) is 3.99. The van der Waals surface area contributed by atoms with Gasteiger partial charge in [0.15, 0.2) is 16.8 Å². The second-order valence-electron chi connectivity index (χ2n) is 6.10. The molecule has 3 amide bonds. The Morgan fingerprint density at radius 2 is 1.83 bits per heavy atom. The van der Waals surface area contributed by atoms with Gasteiger partial charge in [0.25, 0.3) is 17.1 Å². The first-order valence-electron chi connectivity index (χ1n) is 8.46. The highest BCUT2D eigenvalue weighted by Crippen LogP contribution is 2.27. The maximum absolute atomic E-state index is 13.4. The molecular formula is C20H11F2N3O3S2. The summed E-state index contributed by atoms with van der Waals surface area (Å²) in [5.74, 6) is -2.77. The minimum Gasteiger partial charge on any atom is -0.298 e. The Bertz CT molecular complexity index is 1210. The third-order valence-corrected chi connectivity index (χ3v) is 5.62. The minimum absolute atomic E-state index is 0.282. The molecule has 0 aliphatic carbocycles. The van der Waals surface area contributed by atoms with Crippen molar-refractivity contribution >= 4 is 51.4 Å². The molecule has 0 unspecified atom stereocenters. The highest BCUT2D eigenvalue weighted by Gasteiger charge is 2.24. The van der Waals surface area contributed by atoms with Crippen molar-refractivity contribution in [2.24, 2.45) is 0 Å². The quantitative estimate of drug-likeness (QED) is 0.573. The lowest BCUT2D eigenvalue weighted by molar-refractivity contribution is -0.115. The maximum Gasteiger partial charge on any atom is 0.290 e. The zero-order valence-corrected chi connectivity index (χ0v) is 16.6. The fourth-order valence-electron chi connectivity index (χ4n) is 2.59. The maximum atomic E-state index is 13.4. The van der Waals surface area contributed by atoms with Crippen molar-refractivity contribution in [2.45, 2.75) is 0 Å². The predicted molar refractivity (Wildman–Crippen MR) is 111 cm³/mol. The third-order valence-electron chi connectivity index (χ3n) is 4.05. The fraction of sp³-hybridized carbons (Fsp3) is 0. The lowest BCUT2D eigenvalue weighted by Crippen LogP contribution is -2.17. The van der Waals surface area contributed by atoms with E-state index in [1.54, 1.807) is 35.7 Å². The van der Waals surface area contributed by atoms with Gasteiger partial charge in [-0.05, 0) is 53.7 Å². The Labute approximate surface area is 177 Å². The summed E-state index contributed by atoms with van der Waals surface area (Å²) in [7, 11) is 0. The molecule has 1 fully saturated rings. The second kappa shape index (κ2) is 8.17. The number of benzene rings is 2. The van der Waals surface area contributed by atoms with Crippen molar-refractivity contribution in [2.75, 3.05) is 5.32 Å². The number of imide groups is 1. The number of nitrogens with zero attached hydrogens (tertiary/aromatic N) is 1. The van der Waals surface area contributed by atoms with Crippen LogP contribution in [-0.4, -0.2) is 22.0 Å². The van der Waals surface area contributed by atoms with E-state index < -0.39 is 28.7 Å². The number of hydrogen-bond acceptors (Lipinski definition) is 6. The van der Waals surface area contributed by atoms with Crippen LogP contribution < -0.4 is 10.6 Å². The zero-order chi connectivity index (χ0) is 21.3. The molecule has 150 valence electrons. The van der Waals surface area contributed by atoms with Crippen molar-refractivity contribution in [3.8, 4) is 11.3 Å².